The van der Waals surface area contributed by atoms with Crippen molar-refractivity contribution in [3.8, 4) is 0 Å². The van der Waals surface area contributed by atoms with Gasteiger partial charge in [-0.05, 0) is 42.8 Å². The minimum atomic E-state index is -0.382. The summed E-state index contributed by atoms with van der Waals surface area (Å²) in [7, 11) is 0. The standard InChI is InChI=1S/C16H16ClN3O2/c1-2-10-18-15(21)13-4-3-5-14(20-13)16(22)19-12-8-6-11(17)7-9-12/h3-9H,2,10H2,1H3,(H,18,21)(H,19,22). The number of anilines is 1. The van der Waals surface area contributed by atoms with Gasteiger partial charge in [0, 0.05) is 17.3 Å². The van der Waals surface area contributed by atoms with Crippen LogP contribution in [0.3, 0.4) is 0 Å². The first-order valence-corrected chi connectivity index (χ1v) is 7.30. The van der Waals surface area contributed by atoms with Gasteiger partial charge in [0.25, 0.3) is 11.8 Å². The fourth-order valence-electron chi connectivity index (χ4n) is 1.75. The summed E-state index contributed by atoms with van der Waals surface area (Å²) in [5.41, 5.74) is 1.01. The van der Waals surface area contributed by atoms with Gasteiger partial charge in [0.2, 0.25) is 0 Å². The van der Waals surface area contributed by atoms with Crippen LogP contribution in [0.4, 0.5) is 5.69 Å². The monoisotopic (exact) mass is 317 g/mol. The number of benzene rings is 1. The molecule has 0 aliphatic heterocycles. The van der Waals surface area contributed by atoms with Crippen LogP contribution in [0, 0.1) is 0 Å². The Morgan fingerprint density at radius 2 is 1.68 bits per heavy atom. The largest absolute Gasteiger partial charge is 0.351 e. The van der Waals surface area contributed by atoms with Crippen molar-refractivity contribution in [3.05, 3.63) is 58.9 Å². The molecule has 0 saturated heterocycles. The third-order valence-corrected chi connectivity index (χ3v) is 3.10. The minimum Gasteiger partial charge on any atom is -0.351 e. The van der Waals surface area contributed by atoms with E-state index in [0.717, 1.165) is 6.42 Å². The molecule has 1 aromatic heterocycles. The smallest absolute Gasteiger partial charge is 0.274 e. The van der Waals surface area contributed by atoms with Crippen LogP contribution >= 0.6 is 11.6 Å². The summed E-state index contributed by atoms with van der Waals surface area (Å²) in [5, 5.41) is 6.01. The van der Waals surface area contributed by atoms with Crippen LogP contribution in [0.1, 0.15) is 34.3 Å². The lowest BCUT2D eigenvalue weighted by Gasteiger charge is -2.07. The molecule has 22 heavy (non-hydrogen) atoms. The number of nitrogens with one attached hydrogen (secondary N) is 2. The molecule has 0 atom stereocenters. The molecule has 2 aromatic rings. The highest BCUT2D eigenvalue weighted by Gasteiger charge is 2.12. The van der Waals surface area contributed by atoms with Crippen LogP contribution in [0.2, 0.25) is 5.02 Å². The van der Waals surface area contributed by atoms with Crippen molar-refractivity contribution in [1.82, 2.24) is 10.3 Å². The van der Waals surface area contributed by atoms with Gasteiger partial charge in [0.15, 0.2) is 0 Å². The lowest BCUT2D eigenvalue weighted by atomic mass is 10.2. The van der Waals surface area contributed by atoms with E-state index >= 15 is 0 Å². The Labute approximate surface area is 133 Å². The predicted octanol–water partition coefficient (Wildman–Crippen LogP) is 3.13. The fourth-order valence-corrected chi connectivity index (χ4v) is 1.87. The maximum atomic E-state index is 12.1. The SMILES string of the molecule is CCCNC(=O)c1cccc(C(=O)Nc2ccc(Cl)cc2)n1. The zero-order valence-electron chi connectivity index (χ0n) is 12.1. The molecule has 1 heterocycles. The number of amides is 2. The lowest BCUT2D eigenvalue weighted by Crippen LogP contribution is -2.26. The third-order valence-electron chi connectivity index (χ3n) is 2.85. The average molecular weight is 318 g/mol. The number of rotatable bonds is 5. The molecule has 0 spiro atoms. The van der Waals surface area contributed by atoms with E-state index in [4.69, 9.17) is 11.6 Å². The van der Waals surface area contributed by atoms with Gasteiger partial charge in [-0.1, -0.05) is 24.6 Å². The molecule has 0 aliphatic rings. The highest BCUT2D eigenvalue weighted by atomic mass is 35.5. The fraction of sp³-hybridized carbons (Fsp3) is 0.188. The Bertz CT molecular complexity index is 671. The summed E-state index contributed by atoms with van der Waals surface area (Å²) >= 11 is 5.79. The van der Waals surface area contributed by atoms with Gasteiger partial charge in [0.1, 0.15) is 11.4 Å². The predicted molar refractivity (Wildman–Crippen MR) is 86.3 cm³/mol. The summed E-state index contributed by atoms with van der Waals surface area (Å²) < 4.78 is 0. The quantitative estimate of drug-likeness (QED) is 0.890. The van der Waals surface area contributed by atoms with E-state index in [0.29, 0.717) is 17.3 Å². The Morgan fingerprint density at radius 1 is 1.05 bits per heavy atom. The second-order valence-electron chi connectivity index (χ2n) is 4.62. The van der Waals surface area contributed by atoms with E-state index in [1.165, 1.54) is 0 Å². The molecule has 2 N–H and O–H groups in total. The molecule has 2 amide bonds. The number of halogens is 1. The molecule has 0 radical (unpaired) electrons. The lowest BCUT2D eigenvalue weighted by molar-refractivity contribution is 0.0948. The number of pyridine rings is 1. The minimum absolute atomic E-state index is 0.180. The summed E-state index contributed by atoms with van der Waals surface area (Å²) in [5.74, 6) is -0.671. The van der Waals surface area contributed by atoms with Gasteiger partial charge in [0.05, 0.1) is 0 Å². The summed E-state index contributed by atoms with van der Waals surface area (Å²) in [6, 6.07) is 11.5. The molecule has 1 aromatic carbocycles. The molecule has 0 unspecified atom stereocenters. The molecule has 0 aliphatic carbocycles. The van der Waals surface area contributed by atoms with E-state index < -0.39 is 0 Å². The number of carbonyl (C=O) groups is 2. The molecule has 0 bridgehead atoms. The molecule has 114 valence electrons. The van der Waals surface area contributed by atoms with Crippen LogP contribution in [-0.4, -0.2) is 23.3 Å². The van der Waals surface area contributed by atoms with Crippen LogP contribution in [0.15, 0.2) is 42.5 Å². The van der Waals surface area contributed by atoms with Crippen molar-refractivity contribution >= 4 is 29.1 Å². The van der Waals surface area contributed by atoms with Crippen LogP contribution in [-0.2, 0) is 0 Å². The Hall–Kier alpha value is -2.40. The number of hydrogen-bond donors (Lipinski definition) is 2. The van der Waals surface area contributed by atoms with E-state index in [1.807, 2.05) is 6.92 Å². The second-order valence-corrected chi connectivity index (χ2v) is 5.06. The van der Waals surface area contributed by atoms with E-state index in [-0.39, 0.29) is 23.2 Å². The van der Waals surface area contributed by atoms with Crippen LogP contribution in [0.5, 0.6) is 0 Å². The Morgan fingerprint density at radius 3 is 2.32 bits per heavy atom. The zero-order valence-corrected chi connectivity index (χ0v) is 12.9. The van der Waals surface area contributed by atoms with Crippen molar-refractivity contribution in [2.24, 2.45) is 0 Å². The Kier molecular flexibility index (Phi) is 5.49. The van der Waals surface area contributed by atoms with Crippen molar-refractivity contribution in [1.29, 1.82) is 0 Å². The van der Waals surface area contributed by atoms with Crippen molar-refractivity contribution in [3.63, 3.8) is 0 Å². The first-order valence-electron chi connectivity index (χ1n) is 6.92. The van der Waals surface area contributed by atoms with Crippen molar-refractivity contribution in [2.45, 2.75) is 13.3 Å². The highest BCUT2D eigenvalue weighted by molar-refractivity contribution is 6.30. The maximum absolute atomic E-state index is 12.1. The molecule has 6 heteroatoms. The maximum Gasteiger partial charge on any atom is 0.274 e. The molecular weight excluding hydrogens is 302 g/mol. The topological polar surface area (TPSA) is 71.1 Å². The van der Waals surface area contributed by atoms with E-state index in [9.17, 15) is 9.59 Å². The van der Waals surface area contributed by atoms with Gasteiger partial charge in [-0.15, -0.1) is 0 Å². The Balaban J connectivity index is 2.09. The van der Waals surface area contributed by atoms with Crippen LogP contribution in [0.25, 0.3) is 0 Å². The molecular formula is C16H16ClN3O2. The zero-order chi connectivity index (χ0) is 15.9. The number of carbonyl (C=O) groups excluding carboxylic acids is 2. The van der Waals surface area contributed by atoms with Gasteiger partial charge >= 0.3 is 0 Å². The second kappa shape index (κ2) is 7.56. The summed E-state index contributed by atoms with van der Waals surface area (Å²) in [6.45, 7) is 2.53. The summed E-state index contributed by atoms with van der Waals surface area (Å²) in [6.07, 6.45) is 0.836. The molecule has 5 nitrogen and oxygen atoms in total. The van der Waals surface area contributed by atoms with Gasteiger partial charge in [-0.2, -0.15) is 0 Å². The summed E-state index contributed by atoms with van der Waals surface area (Å²) in [4.78, 5) is 28.1. The van der Waals surface area contributed by atoms with E-state index in [1.54, 1.807) is 42.5 Å². The first-order chi connectivity index (χ1) is 10.6. The van der Waals surface area contributed by atoms with Gasteiger partial charge in [-0.3, -0.25) is 9.59 Å². The van der Waals surface area contributed by atoms with E-state index in [2.05, 4.69) is 15.6 Å². The van der Waals surface area contributed by atoms with Gasteiger partial charge in [-0.25, -0.2) is 4.98 Å². The average Bonchev–Trinajstić information content (AvgIpc) is 2.54. The number of nitrogens with zero attached hydrogens (tertiary/aromatic N) is 1. The molecule has 2 rings (SSSR count). The third kappa shape index (κ3) is 4.30. The normalized spacial score (nSPS) is 10.1. The molecule has 0 saturated carbocycles. The molecule has 0 fully saturated rings. The first kappa shape index (κ1) is 16.0. The van der Waals surface area contributed by atoms with Gasteiger partial charge < -0.3 is 10.6 Å². The van der Waals surface area contributed by atoms with Crippen molar-refractivity contribution < 1.29 is 9.59 Å². The number of aromatic nitrogens is 1. The van der Waals surface area contributed by atoms with Crippen LogP contribution < -0.4 is 10.6 Å². The number of hydrogen-bond acceptors (Lipinski definition) is 3. The van der Waals surface area contributed by atoms with Crippen molar-refractivity contribution in [2.75, 3.05) is 11.9 Å². The highest BCUT2D eigenvalue weighted by Crippen LogP contribution is 2.14.